The van der Waals surface area contributed by atoms with Gasteiger partial charge in [0.2, 0.25) is 5.91 Å². The van der Waals surface area contributed by atoms with Gasteiger partial charge in [-0.05, 0) is 6.07 Å². The predicted molar refractivity (Wildman–Crippen MR) is 95.1 cm³/mol. The third-order valence-electron chi connectivity index (χ3n) is 3.68. The van der Waals surface area contributed by atoms with Gasteiger partial charge in [0.25, 0.3) is 5.69 Å². The third kappa shape index (κ3) is 5.85. The van der Waals surface area contributed by atoms with E-state index in [4.69, 9.17) is 20.3 Å². The number of nitrogens with zero attached hydrogens (tertiary/aromatic N) is 1. The minimum atomic E-state index is -1.15. The minimum absolute atomic E-state index is 0.0395. The summed E-state index contributed by atoms with van der Waals surface area (Å²) in [4.78, 5) is 32.7. The number of ether oxygens (including phenoxy) is 2. The number of nitro benzene ring substituents is 1. The average molecular weight is 380 g/mol. The van der Waals surface area contributed by atoms with E-state index < -0.39 is 16.9 Å². The zero-order valence-corrected chi connectivity index (χ0v) is 14.3. The number of benzene rings is 1. The molecule has 146 valence electrons. The van der Waals surface area contributed by atoms with E-state index in [0.717, 1.165) is 6.07 Å². The first-order valence-electron chi connectivity index (χ1n) is 8.10. The highest BCUT2D eigenvalue weighted by molar-refractivity contribution is 5.95. The zero-order chi connectivity index (χ0) is 19.8. The number of carbonyl (C=O) groups excluding carboxylic acids is 1. The molecule has 2 amide bonds. The molecule has 11 heteroatoms. The molecule has 5 N–H and O–H groups in total. The van der Waals surface area contributed by atoms with Crippen molar-refractivity contribution >= 4 is 23.4 Å². The van der Waals surface area contributed by atoms with Gasteiger partial charge in [-0.3, -0.25) is 14.9 Å². The average Bonchev–Trinajstić information content (AvgIpc) is 3.10. The topological polar surface area (TPSA) is 166 Å². The second-order valence-electron chi connectivity index (χ2n) is 5.63. The number of hydrogen-bond acceptors (Lipinski definition) is 7. The number of carboxylic acid groups (broad SMARTS) is 1. The van der Waals surface area contributed by atoms with Crippen LogP contribution in [0.25, 0.3) is 0 Å². The molecular formula is C16H20N4O7. The normalized spacial score (nSPS) is 16.2. The van der Waals surface area contributed by atoms with E-state index in [1.54, 1.807) is 12.2 Å². The molecule has 11 nitrogen and oxygen atoms in total. The van der Waals surface area contributed by atoms with Crippen LogP contribution in [0.5, 0.6) is 5.75 Å². The quantitative estimate of drug-likeness (QED) is 0.281. The third-order valence-corrected chi connectivity index (χ3v) is 3.68. The highest BCUT2D eigenvalue weighted by atomic mass is 16.6. The Hall–Kier alpha value is -3.34. The van der Waals surface area contributed by atoms with E-state index >= 15 is 0 Å². The number of nitrogens with one attached hydrogen (secondary N) is 2. The fourth-order valence-electron chi connectivity index (χ4n) is 2.42. The Morgan fingerprint density at radius 3 is 2.74 bits per heavy atom. The van der Waals surface area contributed by atoms with Crippen molar-refractivity contribution in [2.75, 3.05) is 31.6 Å². The van der Waals surface area contributed by atoms with Gasteiger partial charge in [0.1, 0.15) is 6.10 Å². The van der Waals surface area contributed by atoms with Crippen LogP contribution in [-0.2, 0) is 4.74 Å². The second kappa shape index (κ2) is 9.38. The van der Waals surface area contributed by atoms with Crippen LogP contribution in [0.4, 0.5) is 16.2 Å². The summed E-state index contributed by atoms with van der Waals surface area (Å²) in [6, 6.07) is 2.43. The summed E-state index contributed by atoms with van der Waals surface area (Å²) in [6.45, 7) is 1.14. The van der Waals surface area contributed by atoms with Crippen LogP contribution in [0, 0.1) is 10.1 Å². The summed E-state index contributed by atoms with van der Waals surface area (Å²) in [5.41, 5.74) is 4.98. The standard InChI is InChI=1S/C16H20N4O7/c17-15(21)10-7-12(20(24)25)14(18-4-1-2-5-19-16(22)23)13(8-10)27-11-3-6-26-9-11/h1-2,7-8,11,18-19H,3-6,9H2,(H2,17,21)(H,22,23)/b2-1+. The number of nitro groups is 1. The Kier molecular flexibility index (Phi) is 6.94. The molecule has 1 aliphatic heterocycles. The first kappa shape index (κ1) is 20.0. The fourth-order valence-corrected chi connectivity index (χ4v) is 2.42. The Bertz CT molecular complexity index is 745. The van der Waals surface area contributed by atoms with Crippen molar-refractivity contribution in [3.8, 4) is 5.75 Å². The smallest absolute Gasteiger partial charge is 0.404 e. The van der Waals surface area contributed by atoms with E-state index in [0.29, 0.717) is 19.6 Å². The van der Waals surface area contributed by atoms with E-state index in [9.17, 15) is 19.7 Å². The highest BCUT2D eigenvalue weighted by Gasteiger charge is 2.25. The summed E-state index contributed by atoms with van der Waals surface area (Å²) < 4.78 is 11.0. The number of rotatable bonds is 9. The maximum Gasteiger partial charge on any atom is 0.404 e. The Morgan fingerprint density at radius 1 is 1.41 bits per heavy atom. The van der Waals surface area contributed by atoms with Gasteiger partial charge in [-0.1, -0.05) is 12.2 Å². The number of amides is 2. The zero-order valence-electron chi connectivity index (χ0n) is 14.3. The van der Waals surface area contributed by atoms with Crippen molar-refractivity contribution in [3.05, 3.63) is 40.0 Å². The SMILES string of the molecule is NC(=O)c1cc(OC2CCOC2)c(NC/C=C/CNC(=O)O)c([N+](=O)[O-])c1. The van der Waals surface area contributed by atoms with Gasteiger partial charge < -0.3 is 30.9 Å². The minimum Gasteiger partial charge on any atom is -0.485 e. The summed E-state index contributed by atoms with van der Waals surface area (Å²) in [5.74, 6) is -0.678. The summed E-state index contributed by atoms with van der Waals surface area (Å²) in [5, 5.41) is 25.0. The molecule has 1 fully saturated rings. The maximum atomic E-state index is 11.5. The molecule has 2 rings (SSSR count). The van der Waals surface area contributed by atoms with Crippen LogP contribution >= 0.6 is 0 Å². The molecule has 1 aromatic rings. The van der Waals surface area contributed by atoms with Gasteiger partial charge in [-0.2, -0.15) is 0 Å². The van der Waals surface area contributed by atoms with Crippen molar-refractivity contribution in [1.82, 2.24) is 5.32 Å². The Labute approximate surface area is 154 Å². The van der Waals surface area contributed by atoms with Crippen LogP contribution in [0.1, 0.15) is 16.8 Å². The molecule has 1 unspecified atom stereocenters. The molecule has 0 aliphatic carbocycles. The van der Waals surface area contributed by atoms with Crippen LogP contribution in [0.15, 0.2) is 24.3 Å². The predicted octanol–water partition coefficient (Wildman–Crippen LogP) is 1.10. The molecule has 1 aromatic carbocycles. The second-order valence-corrected chi connectivity index (χ2v) is 5.63. The number of anilines is 1. The lowest BCUT2D eigenvalue weighted by Gasteiger charge is -2.17. The molecule has 0 aromatic heterocycles. The first-order chi connectivity index (χ1) is 12.9. The van der Waals surface area contributed by atoms with Gasteiger partial charge in [0, 0.05) is 31.1 Å². The molecule has 1 saturated heterocycles. The summed E-state index contributed by atoms with van der Waals surface area (Å²) >= 11 is 0. The molecule has 0 radical (unpaired) electrons. The molecule has 1 heterocycles. The molecule has 0 saturated carbocycles. The highest BCUT2D eigenvalue weighted by Crippen LogP contribution is 2.37. The van der Waals surface area contributed by atoms with Crippen LogP contribution in [-0.4, -0.2) is 54.4 Å². The molecular weight excluding hydrogens is 360 g/mol. The number of hydrogen-bond donors (Lipinski definition) is 4. The van der Waals surface area contributed by atoms with E-state index in [-0.39, 0.29) is 41.9 Å². The van der Waals surface area contributed by atoms with Crippen molar-refractivity contribution in [2.24, 2.45) is 5.73 Å². The van der Waals surface area contributed by atoms with Crippen LogP contribution < -0.4 is 21.1 Å². The van der Waals surface area contributed by atoms with Gasteiger partial charge in [0.05, 0.1) is 18.1 Å². The van der Waals surface area contributed by atoms with Gasteiger partial charge in [-0.25, -0.2) is 4.79 Å². The van der Waals surface area contributed by atoms with Gasteiger partial charge >= 0.3 is 6.09 Å². The van der Waals surface area contributed by atoms with E-state index in [2.05, 4.69) is 10.6 Å². The molecule has 1 atom stereocenters. The Morgan fingerprint density at radius 2 is 2.15 bits per heavy atom. The fraction of sp³-hybridized carbons (Fsp3) is 0.375. The number of primary amides is 1. The lowest BCUT2D eigenvalue weighted by Crippen LogP contribution is -2.20. The van der Waals surface area contributed by atoms with Crippen molar-refractivity contribution in [2.45, 2.75) is 12.5 Å². The molecule has 1 aliphatic rings. The number of nitrogens with two attached hydrogens (primary N) is 1. The maximum absolute atomic E-state index is 11.5. The largest absolute Gasteiger partial charge is 0.485 e. The molecule has 0 spiro atoms. The molecule has 27 heavy (non-hydrogen) atoms. The van der Waals surface area contributed by atoms with E-state index in [1.165, 1.54) is 6.07 Å². The van der Waals surface area contributed by atoms with Crippen LogP contribution in [0.3, 0.4) is 0 Å². The van der Waals surface area contributed by atoms with Crippen LogP contribution in [0.2, 0.25) is 0 Å². The number of carbonyl (C=O) groups is 2. The lowest BCUT2D eigenvalue weighted by atomic mass is 10.1. The Balaban J connectivity index is 2.23. The van der Waals surface area contributed by atoms with E-state index in [1.807, 2.05) is 0 Å². The lowest BCUT2D eigenvalue weighted by molar-refractivity contribution is -0.384. The summed E-state index contributed by atoms with van der Waals surface area (Å²) in [6.07, 6.45) is 2.33. The molecule has 0 bridgehead atoms. The van der Waals surface area contributed by atoms with Gasteiger partial charge in [0.15, 0.2) is 11.4 Å². The summed E-state index contributed by atoms with van der Waals surface area (Å²) in [7, 11) is 0. The van der Waals surface area contributed by atoms with Gasteiger partial charge in [-0.15, -0.1) is 0 Å². The van der Waals surface area contributed by atoms with Crippen molar-refractivity contribution < 1.29 is 29.1 Å². The van der Waals surface area contributed by atoms with Crippen molar-refractivity contribution in [3.63, 3.8) is 0 Å². The van der Waals surface area contributed by atoms with Crippen molar-refractivity contribution in [1.29, 1.82) is 0 Å². The monoisotopic (exact) mass is 380 g/mol. The first-order valence-corrected chi connectivity index (χ1v) is 8.10.